The first-order valence-corrected chi connectivity index (χ1v) is 7.45. The second kappa shape index (κ2) is 9.19. The van der Waals surface area contributed by atoms with Gasteiger partial charge in [-0.1, -0.05) is 0 Å². The molecule has 1 rings (SSSR count). The first-order valence-electron chi connectivity index (χ1n) is 6.06. The van der Waals surface area contributed by atoms with Crippen LogP contribution in [0.3, 0.4) is 0 Å². The molecule has 0 aromatic carbocycles. The smallest absolute Gasteiger partial charge is 0.142 e. The molecule has 0 aliphatic carbocycles. The highest BCUT2D eigenvalue weighted by Gasteiger charge is 2.05. The molecule has 0 bridgehead atoms. The Morgan fingerprint density at radius 2 is 2.17 bits per heavy atom. The first-order chi connectivity index (χ1) is 8.77. The topological polar surface area (TPSA) is 43.4 Å². The second-order valence-corrected chi connectivity index (χ2v) is 4.89. The molecule has 0 spiro atoms. The number of rotatable bonds is 9. The minimum Gasteiger partial charge on any atom is -0.491 e. The number of pyridine rings is 1. The molecule has 0 saturated heterocycles. The van der Waals surface area contributed by atoms with Crippen LogP contribution in [0.2, 0.25) is 0 Å². The lowest BCUT2D eigenvalue weighted by Gasteiger charge is -2.11. The number of ether oxygens (including phenoxy) is 2. The van der Waals surface area contributed by atoms with Crippen molar-refractivity contribution in [1.82, 2.24) is 10.3 Å². The zero-order valence-corrected chi connectivity index (χ0v) is 12.2. The van der Waals surface area contributed by atoms with Gasteiger partial charge in [0.2, 0.25) is 0 Å². The molecule has 0 aliphatic heterocycles. The lowest BCUT2D eigenvalue weighted by molar-refractivity contribution is 0.199. The monoisotopic (exact) mass is 270 g/mol. The Morgan fingerprint density at radius 3 is 2.89 bits per heavy atom. The van der Waals surface area contributed by atoms with Gasteiger partial charge in [0.05, 0.1) is 18.9 Å². The number of nitrogens with zero attached hydrogens (tertiary/aromatic N) is 1. The van der Waals surface area contributed by atoms with Crippen LogP contribution < -0.4 is 10.1 Å². The molecular weight excluding hydrogens is 248 g/mol. The average molecular weight is 270 g/mol. The van der Waals surface area contributed by atoms with E-state index in [1.807, 2.05) is 19.1 Å². The van der Waals surface area contributed by atoms with Crippen LogP contribution in [0.15, 0.2) is 12.1 Å². The molecule has 1 N–H and O–H groups in total. The number of hydrogen-bond donors (Lipinski definition) is 1. The van der Waals surface area contributed by atoms with Crippen molar-refractivity contribution in [3.05, 3.63) is 23.5 Å². The maximum atomic E-state index is 5.73. The lowest BCUT2D eigenvalue weighted by Crippen LogP contribution is -2.20. The predicted molar refractivity (Wildman–Crippen MR) is 76.4 cm³/mol. The fourth-order valence-electron chi connectivity index (χ4n) is 1.47. The van der Waals surface area contributed by atoms with E-state index in [2.05, 4.69) is 16.6 Å². The van der Waals surface area contributed by atoms with Crippen molar-refractivity contribution in [3.63, 3.8) is 0 Å². The summed E-state index contributed by atoms with van der Waals surface area (Å²) in [5.74, 6) is 1.87. The fourth-order valence-corrected chi connectivity index (χ4v) is 1.72. The molecule has 0 amide bonds. The number of hydrogen-bond acceptors (Lipinski definition) is 5. The maximum Gasteiger partial charge on any atom is 0.142 e. The standard InChI is InChI=1S/C13H22N2O2S/c1-11-4-5-13(17-8-9-18-3)12(15-11)10-14-6-7-16-2/h4-5,14H,6-10H2,1-3H3. The maximum absolute atomic E-state index is 5.73. The molecule has 1 heterocycles. The van der Waals surface area contributed by atoms with Crippen LogP contribution in [0.25, 0.3) is 0 Å². The van der Waals surface area contributed by atoms with Crippen molar-refractivity contribution in [2.24, 2.45) is 0 Å². The summed E-state index contributed by atoms with van der Waals surface area (Å²) in [4.78, 5) is 4.51. The molecule has 5 heteroatoms. The SMILES string of the molecule is COCCNCc1nc(C)ccc1OCCSC. The average Bonchev–Trinajstić information content (AvgIpc) is 2.37. The van der Waals surface area contributed by atoms with E-state index in [0.717, 1.165) is 36.0 Å². The number of thioether (sulfide) groups is 1. The zero-order valence-electron chi connectivity index (χ0n) is 11.4. The number of nitrogens with one attached hydrogen (secondary N) is 1. The minimum absolute atomic E-state index is 0.703. The van der Waals surface area contributed by atoms with Gasteiger partial charge in [-0.2, -0.15) is 11.8 Å². The van der Waals surface area contributed by atoms with Crippen molar-refractivity contribution in [2.45, 2.75) is 13.5 Å². The Kier molecular flexibility index (Phi) is 7.80. The molecule has 1 aromatic heterocycles. The summed E-state index contributed by atoms with van der Waals surface area (Å²) in [6, 6.07) is 3.98. The largest absolute Gasteiger partial charge is 0.491 e. The van der Waals surface area contributed by atoms with E-state index in [-0.39, 0.29) is 0 Å². The van der Waals surface area contributed by atoms with Crippen LogP contribution in [-0.2, 0) is 11.3 Å². The summed E-state index contributed by atoms with van der Waals surface area (Å²) < 4.78 is 10.7. The van der Waals surface area contributed by atoms with Gasteiger partial charge in [-0.3, -0.25) is 4.98 Å². The zero-order chi connectivity index (χ0) is 13.2. The quantitative estimate of drug-likeness (QED) is 0.694. The van der Waals surface area contributed by atoms with E-state index in [9.17, 15) is 0 Å². The molecular formula is C13H22N2O2S. The molecule has 4 nitrogen and oxygen atoms in total. The Balaban J connectivity index is 2.53. The Labute approximate surface area is 113 Å². The van der Waals surface area contributed by atoms with E-state index in [4.69, 9.17) is 9.47 Å². The van der Waals surface area contributed by atoms with Crippen molar-refractivity contribution < 1.29 is 9.47 Å². The van der Waals surface area contributed by atoms with Crippen molar-refractivity contribution >= 4 is 11.8 Å². The third-order valence-corrected chi connectivity index (χ3v) is 2.97. The van der Waals surface area contributed by atoms with Crippen LogP contribution in [0.5, 0.6) is 5.75 Å². The summed E-state index contributed by atoms with van der Waals surface area (Å²) in [6.07, 6.45) is 2.07. The highest BCUT2D eigenvalue weighted by Crippen LogP contribution is 2.17. The van der Waals surface area contributed by atoms with Crippen molar-refractivity contribution in [2.75, 3.05) is 38.9 Å². The Bertz CT molecular complexity index is 348. The predicted octanol–water partition coefficient (Wildman–Crippen LogP) is 1.87. The van der Waals surface area contributed by atoms with Gasteiger partial charge in [-0.25, -0.2) is 0 Å². The minimum atomic E-state index is 0.703. The summed E-state index contributed by atoms with van der Waals surface area (Å²) in [5.41, 5.74) is 1.97. The van der Waals surface area contributed by atoms with E-state index in [1.165, 1.54) is 0 Å². The summed E-state index contributed by atoms with van der Waals surface area (Å²) in [5, 5.41) is 3.29. The van der Waals surface area contributed by atoms with Gasteiger partial charge in [0, 0.05) is 31.6 Å². The van der Waals surface area contributed by atoms with E-state index >= 15 is 0 Å². The molecule has 0 unspecified atom stereocenters. The third-order valence-electron chi connectivity index (χ3n) is 2.39. The van der Waals surface area contributed by atoms with Crippen LogP contribution >= 0.6 is 11.8 Å². The van der Waals surface area contributed by atoms with E-state index < -0.39 is 0 Å². The van der Waals surface area contributed by atoms with Gasteiger partial charge >= 0.3 is 0 Å². The molecule has 0 aliphatic rings. The van der Waals surface area contributed by atoms with Crippen LogP contribution in [0, 0.1) is 6.92 Å². The van der Waals surface area contributed by atoms with Crippen molar-refractivity contribution in [1.29, 1.82) is 0 Å². The van der Waals surface area contributed by atoms with Crippen LogP contribution in [0.1, 0.15) is 11.4 Å². The highest BCUT2D eigenvalue weighted by atomic mass is 32.2. The van der Waals surface area contributed by atoms with Gasteiger partial charge in [0.25, 0.3) is 0 Å². The number of aryl methyl sites for hydroxylation is 1. The molecule has 18 heavy (non-hydrogen) atoms. The molecule has 1 aromatic rings. The van der Waals surface area contributed by atoms with Gasteiger partial charge < -0.3 is 14.8 Å². The lowest BCUT2D eigenvalue weighted by atomic mass is 10.3. The van der Waals surface area contributed by atoms with Gasteiger partial charge in [0.15, 0.2) is 0 Å². The fraction of sp³-hybridized carbons (Fsp3) is 0.615. The van der Waals surface area contributed by atoms with Crippen molar-refractivity contribution in [3.8, 4) is 5.75 Å². The summed E-state index contributed by atoms with van der Waals surface area (Å²) in [6.45, 7) is 4.94. The van der Waals surface area contributed by atoms with E-state index in [1.54, 1.807) is 18.9 Å². The molecule has 0 atom stereocenters. The number of methoxy groups -OCH3 is 1. The summed E-state index contributed by atoms with van der Waals surface area (Å²) >= 11 is 1.78. The Morgan fingerprint density at radius 1 is 1.33 bits per heavy atom. The normalized spacial score (nSPS) is 10.6. The van der Waals surface area contributed by atoms with Crippen LogP contribution in [-0.4, -0.2) is 43.9 Å². The van der Waals surface area contributed by atoms with Gasteiger partial charge in [0.1, 0.15) is 5.75 Å². The molecule has 102 valence electrons. The van der Waals surface area contributed by atoms with Gasteiger partial charge in [-0.15, -0.1) is 0 Å². The summed E-state index contributed by atoms with van der Waals surface area (Å²) in [7, 11) is 1.70. The third kappa shape index (κ3) is 5.71. The van der Waals surface area contributed by atoms with E-state index in [0.29, 0.717) is 13.2 Å². The first kappa shape index (κ1) is 15.3. The molecule has 0 radical (unpaired) electrons. The Hall–Kier alpha value is -0.780. The molecule has 0 fully saturated rings. The van der Waals surface area contributed by atoms with Crippen LogP contribution in [0.4, 0.5) is 0 Å². The second-order valence-electron chi connectivity index (χ2n) is 3.91. The number of aromatic nitrogens is 1. The highest BCUT2D eigenvalue weighted by molar-refractivity contribution is 7.98. The molecule has 0 saturated carbocycles. The van der Waals surface area contributed by atoms with Gasteiger partial charge in [-0.05, 0) is 25.3 Å².